The molecule has 0 radical (unpaired) electrons. The molecule has 0 amide bonds. The molecule has 0 spiro atoms. The molecule has 0 aliphatic rings. The fourth-order valence-corrected chi connectivity index (χ4v) is 2.18. The van der Waals surface area contributed by atoms with Crippen LogP contribution in [0.2, 0.25) is 0 Å². The second-order valence-electron chi connectivity index (χ2n) is 5.00. The number of rotatable bonds is 3. The predicted octanol–water partition coefficient (Wildman–Crippen LogP) is 4.57. The minimum atomic E-state index is -0.474. The van der Waals surface area contributed by atoms with Gasteiger partial charge in [-0.15, -0.1) is 0 Å². The van der Waals surface area contributed by atoms with E-state index < -0.39 is 5.95 Å². The number of benzene rings is 2. The van der Waals surface area contributed by atoms with Crippen LogP contribution >= 0.6 is 0 Å². The van der Waals surface area contributed by atoms with Crippen LogP contribution in [0.25, 0.3) is 11.1 Å². The van der Waals surface area contributed by atoms with E-state index in [1.807, 2.05) is 30.3 Å². The van der Waals surface area contributed by atoms with Crippen LogP contribution < -0.4 is 10.5 Å². The van der Waals surface area contributed by atoms with Crippen LogP contribution in [0.1, 0.15) is 5.56 Å². The molecule has 1 aromatic heterocycles. The first-order valence-corrected chi connectivity index (χ1v) is 6.88. The van der Waals surface area contributed by atoms with Crippen molar-refractivity contribution < 1.29 is 9.13 Å². The Hall–Kier alpha value is -2.88. The Morgan fingerprint density at radius 2 is 1.82 bits per heavy atom. The predicted molar refractivity (Wildman–Crippen MR) is 85.3 cm³/mol. The first-order chi connectivity index (χ1) is 10.6. The summed E-state index contributed by atoms with van der Waals surface area (Å²) in [4.78, 5) is 3.77. The number of anilines is 1. The minimum absolute atomic E-state index is 0.474. The number of para-hydroxylation sites is 1. The van der Waals surface area contributed by atoms with E-state index in [0.717, 1.165) is 16.9 Å². The number of aromatic nitrogens is 1. The Bertz CT molecular complexity index is 803. The molecule has 0 unspecified atom stereocenters. The van der Waals surface area contributed by atoms with E-state index in [4.69, 9.17) is 10.5 Å². The van der Waals surface area contributed by atoms with Gasteiger partial charge in [0.25, 0.3) is 0 Å². The average molecular weight is 294 g/mol. The van der Waals surface area contributed by atoms with Crippen LogP contribution in [0.15, 0.2) is 60.8 Å². The molecule has 0 aliphatic heterocycles. The lowest BCUT2D eigenvalue weighted by atomic mass is 10.0. The van der Waals surface area contributed by atoms with Gasteiger partial charge in [0.05, 0.1) is 0 Å². The quantitative estimate of drug-likeness (QED) is 0.568. The molecule has 3 nitrogen and oxygen atoms in total. The maximum Gasteiger partial charge on any atom is 0.215 e. The van der Waals surface area contributed by atoms with Crippen molar-refractivity contribution in [2.45, 2.75) is 6.92 Å². The van der Waals surface area contributed by atoms with E-state index in [2.05, 4.69) is 4.98 Å². The molecule has 2 aromatic carbocycles. The molecule has 3 aromatic rings. The van der Waals surface area contributed by atoms with Crippen molar-refractivity contribution in [3.05, 3.63) is 72.3 Å². The zero-order chi connectivity index (χ0) is 15.5. The number of halogens is 1. The summed E-state index contributed by atoms with van der Waals surface area (Å²) in [5.74, 6) is 0.895. The second kappa shape index (κ2) is 5.85. The van der Waals surface area contributed by atoms with E-state index in [0.29, 0.717) is 17.0 Å². The highest BCUT2D eigenvalue weighted by Gasteiger charge is 2.10. The molecule has 0 bridgehead atoms. The van der Waals surface area contributed by atoms with Gasteiger partial charge in [-0.2, -0.15) is 4.39 Å². The van der Waals surface area contributed by atoms with E-state index in [1.165, 1.54) is 6.20 Å². The number of pyridine rings is 1. The third-order valence-electron chi connectivity index (χ3n) is 3.30. The van der Waals surface area contributed by atoms with Crippen LogP contribution in [0.4, 0.5) is 10.1 Å². The molecule has 110 valence electrons. The van der Waals surface area contributed by atoms with Gasteiger partial charge in [-0.1, -0.05) is 18.2 Å². The van der Waals surface area contributed by atoms with Gasteiger partial charge >= 0.3 is 0 Å². The molecular formula is C18H15FN2O. The molecule has 22 heavy (non-hydrogen) atoms. The van der Waals surface area contributed by atoms with Crippen molar-refractivity contribution >= 4 is 5.69 Å². The van der Waals surface area contributed by atoms with Crippen LogP contribution in [-0.4, -0.2) is 4.98 Å². The Balaban J connectivity index is 2.06. The average Bonchev–Trinajstić information content (AvgIpc) is 2.53. The van der Waals surface area contributed by atoms with Gasteiger partial charge in [-0.25, -0.2) is 4.98 Å². The zero-order valence-corrected chi connectivity index (χ0v) is 12.1. The lowest BCUT2D eigenvalue weighted by Gasteiger charge is -2.12. The number of aryl methyl sites for hydroxylation is 1. The van der Waals surface area contributed by atoms with Crippen molar-refractivity contribution in [1.82, 2.24) is 4.98 Å². The molecule has 0 aliphatic carbocycles. The van der Waals surface area contributed by atoms with E-state index in [-0.39, 0.29) is 0 Å². The molecule has 0 saturated carbocycles. The van der Waals surface area contributed by atoms with Gasteiger partial charge in [0.15, 0.2) is 0 Å². The van der Waals surface area contributed by atoms with Gasteiger partial charge in [0, 0.05) is 28.6 Å². The van der Waals surface area contributed by atoms with Crippen molar-refractivity contribution in [3.8, 4) is 22.6 Å². The van der Waals surface area contributed by atoms with Crippen LogP contribution in [0.3, 0.4) is 0 Å². The second-order valence-corrected chi connectivity index (χ2v) is 5.00. The summed E-state index contributed by atoms with van der Waals surface area (Å²) in [7, 11) is 0. The summed E-state index contributed by atoms with van der Waals surface area (Å²) in [5.41, 5.74) is 8.50. The SMILES string of the molecule is Cc1cc(-c2cc(N)ccc2Oc2ccccc2)cnc1F. The summed E-state index contributed by atoms with van der Waals surface area (Å²) in [6, 6.07) is 16.6. The third kappa shape index (κ3) is 2.91. The number of ether oxygens (including phenoxy) is 1. The Labute approximate surface area is 128 Å². The molecule has 0 fully saturated rings. The van der Waals surface area contributed by atoms with Crippen molar-refractivity contribution in [3.63, 3.8) is 0 Å². The number of hydrogen-bond donors (Lipinski definition) is 1. The largest absolute Gasteiger partial charge is 0.457 e. The first-order valence-electron chi connectivity index (χ1n) is 6.88. The summed E-state index contributed by atoms with van der Waals surface area (Å²) >= 11 is 0. The van der Waals surface area contributed by atoms with Gasteiger partial charge in [-0.05, 0) is 43.3 Å². The summed E-state index contributed by atoms with van der Waals surface area (Å²) < 4.78 is 19.3. The molecule has 0 atom stereocenters. The van der Waals surface area contributed by atoms with Crippen LogP contribution in [0.5, 0.6) is 11.5 Å². The maximum atomic E-state index is 13.4. The monoisotopic (exact) mass is 294 g/mol. The smallest absolute Gasteiger partial charge is 0.215 e. The molecule has 1 heterocycles. The zero-order valence-electron chi connectivity index (χ0n) is 12.1. The summed E-state index contributed by atoms with van der Waals surface area (Å²) in [6.45, 7) is 1.68. The minimum Gasteiger partial charge on any atom is -0.457 e. The number of hydrogen-bond acceptors (Lipinski definition) is 3. The van der Waals surface area contributed by atoms with E-state index in [9.17, 15) is 4.39 Å². The summed E-state index contributed by atoms with van der Waals surface area (Å²) in [5, 5.41) is 0. The lowest BCUT2D eigenvalue weighted by molar-refractivity contribution is 0.484. The summed E-state index contributed by atoms with van der Waals surface area (Å²) in [6.07, 6.45) is 1.48. The number of nitrogens with two attached hydrogens (primary N) is 1. The fraction of sp³-hybridized carbons (Fsp3) is 0.0556. The Morgan fingerprint density at radius 1 is 1.05 bits per heavy atom. The standard InChI is InChI=1S/C18H15FN2O/c1-12-9-13(11-21-18(12)19)16-10-14(20)7-8-17(16)22-15-5-3-2-4-6-15/h2-11H,20H2,1H3. The topological polar surface area (TPSA) is 48.1 Å². The normalized spacial score (nSPS) is 10.5. The molecule has 4 heteroatoms. The van der Waals surface area contributed by atoms with Crippen LogP contribution in [0, 0.1) is 12.9 Å². The van der Waals surface area contributed by atoms with Gasteiger partial charge in [0.2, 0.25) is 5.95 Å². The third-order valence-corrected chi connectivity index (χ3v) is 3.30. The molecule has 0 saturated heterocycles. The van der Waals surface area contributed by atoms with Crippen molar-refractivity contribution in [2.24, 2.45) is 0 Å². The molecular weight excluding hydrogens is 279 g/mol. The highest BCUT2D eigenvalue weighted by Crippen LogP contribution is 2.35. The van der Waals surface area contributed by atoms with Crippen LogP contribution in [-0.2, 0) is 0 Å². The molecule has 2 N–H and O–H groups in total. The van der Waals surface area contributed by atoms with E-state index in [1.54, 1.807) is 31.2 Å². The highest BCUT2D eigenvalue weighted by atomic mass is 19.1. The highest BCUT2D eigenvalue weighted by molar-refractivity contribution is 5.74. The van der Waals surface area contributed by atoms with E-state index >= 15 is 0 Å². The maximum absolute atomic E-state index is 13.4. The first kappa shape index (κ1) is 14.1. The van der Waals surface area contributed by atoms with Crippen molar-refractivity contribution in [1.29, 1.82) is 0 Å². The van der Waals surface area contributed by atoms with Gasteiger partial charge in [-0.3, -0.25) is 0 Å². The van der Waals surface area contributed by atoms with Gasteiger partial charge in [0.1, 0.15) is 11.5 Å². The molecule has 3 rings (SSSR count). The number of nitrogen functional groups attached to an aromatic ring is 1. The Kier molecular flexibility index (Phi) is 3.74. The number of nitrogens with zero attached hydrogens (tertiary/aromatic N) is 1. The van der Waals surface area contributed by atoms with Gasteiger partial charge < -0.3 is 10.5 Å². The Morgan fingerprint density at radius 3 is 2.55 bits per heavy atom. The fourth-order valence-electron chi connectivity index (χ4n) is 2.18. The van der Waals surface area contributed by atoms with Crippen molar-refractivity contribution in [2.75, 3.05) is 5.73 Å². The lowest BCUT2D eigenvalue weighted by Crippen LogP contribution is -1.94.